The van der Waals surface area contributed by atoms with Gasteiger partial charge in [-0.25, -0.2) is 15.0 Å². The highest BCUT2D eigenvalue weighted by atomic mass is 15.1. The maximum atomic E-state index is 5.90. The van der Waals surface area contributed by atoms with Crippen LogP contribution < -0.4 is 5.73 Å². The number of anilines is 1. The van der Waals surface area contributed by atoms with Gasteiger partial charge in [0.25, 0.3) is 0 Å². The number of nitrogens with zero attached hydrogens (tertiary/aromatic N) is 6. The minimum atomic E-state index is 0.390. The molecular formula is C19H15N7. The molecule has 126 valence electrons. The Morgan fingerprint density at radius 3 is 2.77 bits per heavy atom. The van der Waals surface area contributed by atoms with Crippen LogP contribution in [0.5, 0.6) is 0 Å². The fourth-order valence-electron chi connectivity index (χ4n) is 3.29. The minimum Gasteiger partial charge on any atom is -0.382 e. The quantitative estimate of drug-likeness (QED) is 0.545. The van der Waals surface area contributed by atoms with Gasteiger partial charge in [-0.15, -0.1) is 0 Å². The third-order valence-corrected chi connectivity index (χ3v) is 4.44. The Morgan fingerprint density at radius 1 is 0.962 bits per heavy atom. The third kappa shape index (κ3) is 2.21. The van der Waals surface area contributed by atoms with Crippen LogP contribution in [-0.2, 0) is 6.54 Å². The Morgan fingerprint density at radius 2 is 1.88 bits per heavy atom. The molecule has 0 amide bonds. The van der Waals surface area contributed by atoms with Crippen LogP contribution in [0.3, 0.4) is 0 Å². The van der Waals surface area contributed by atoms with Gasteiger partial charge in [0.05, 0.1) is 24.3 Å². The average molecular weight is 341 g/mol. The van der Waals surface area contributed by atoms with E-state index in [2.05, 4.69) is 42.7 Å². The van der Waals surface area contributed by atoms with Crippen LogP contribution in [0.4, 0.5) is 5.82 Å². The monoisotopic (exact) mass is 341 g/mol. The van der Waals surface area contributed by atoms with Crippen LogP contribution in [0.25, 0.3) is 28.1 Å². The normalized spacial score (nSPS) is 11.4. The molecule has 26 heavy (non-hydrogen) atoms. The number of pyridine rings is 2. The molecule has 0 fully saturated rings. The zero-order chi connectivity index (χ0) is 17.5. The summed E-state index contributed by atoms with van der Waals surface area (Å²) in [5.74, 6) is 0.390. The molecule has 0 aliphatic carbocycles. The van der Waals surface area contributed by atoms with Crippen molar-refractivity contribution in [2.75, 3.05) is 5.73 Å². The maximum absolute atomic E-state index is 5.90. The number of fused-ring (bicyclic) bond motifs is 2. The van der Waals surface area contributed by atoms with Gasteiger partial charge >= 0.3 is 0 Å². The van der Waals surface area contributed by atoms with Gasteiger partial charge in [-0.3, -0.25) is 4.98 Å². The van der Waals surface area contributed by atoms with Crippen LogP contribution in [0.1, 0.15) is 5.56 Å². The van der Waals surface area contributed by atoms with Crippen molar-refractivity contribution >= 4 is 22.5 Å². The molecule has 0 saturated carbocycles. The van der Waals surface area contributed by atoms with E-state index in [0.717, 1.165) is 28.1 Å². The van der Waals surface area contributed by atoms with Crippen LogP contribution in [-0.4, -0.2) is 28.9 Å². The summed E-state index contributed by atoms with van der Waals surface area (Å²) < 4.78 is 4.13. The molecule has 2 N–H and O–H groups in total. The Kier molecular flexibility index (Phi) is 3.18. The van der Waals surface area contributed by atoms with Crippen molar-refractivity contribution in [3.63, 3.8) is 0 Å². The number of hydrogen-bond donors (Lipinski definition) is 1. The summed E-state index contributed by atoms with van der Waals surface area (Å²) in [5, 5.41) is 0. The second-order valence-corrected chi connectivity index (χ2v) is 6.03. The van der Waals surface area contributed by atoms with Gasteiger partial charge in [-0.05, 0) is 30.3 Å². The zero-order valence-corrected chi connectivity index (χ0v) is 13.8. The summed E-state index contributed by atoms with van der Waals surface area (Å²) in [6, 6.07) is 14.2. The van der Waals surface area contributed by atoms with Crippen LogP contribution in [0.15, 0.2) is 67.5 Å². The molecule has 0 atom stereocenters. The Labute approximate surface area is 148 Å². The Bertz CT molecular complexity index is 1220. The molecule has 0 aliphatic rings. The molecule has 0 radical (unpaired) electrons. The summed E-state index contributed by atoms with van der Waals surface area (Å²) >= 11 is 0. The number of nitrogens with two attached hydrogens (primary N) is 1. The predicted octanol–water partition coefficient (Wildman–Crippen LogP) is 2.77. The second-order valence-electron chi connectivity index (χ2n) is 6.03. The molecule has 0 aliphatic heterocycles. The van der Waals surface area contributed by atoms with E-state index in [1.54, 1.807) is 6.33 Å². The number of imidazole rings is 1. The first-order valence-electron chi connectivity index (χ1n) is 8.23. The van der Waals surface area contributed by atoms with Crippen molar-refractivity contribution in [2.45, 2.75) is 6.54 Å². The molecule has 7 nitrogen and oxygen atoms in total. The lowest BCUT2D eigenvalue weighted by molar-refractivity contribution is 0.814. The number of nitrogen functional groups attached to an aromatic ring is 1. The maximum Gasteiger partial charge on any atom is 0.165 e. The van der Waals surface area contributed by atoms with E-state index < -0.39 is 0 Å². The zero-order valence-electron chi connectivity index (χ0n) is 13.8. The lowest BCUT2D eigenvalue weighted by atomic mass is 10.1. The summed E-state index contributed by atoms with van der Waals surface area (Å²) in [6.07, 6.45) is 7.07. The Hall–Kier alpha value is -3.74. The molecule has 0 bridgehead atoms. The van der Waals surface area contributed by atoms with E-state index in [4.69, 9.17) is 5.73 Å². The lowest BCUT2D eigenvalue weighted by Gasteiger charge is -2.07. The molecular weight excluding hydrogens is 326 g/mol. The van der Waals surface area contributed by atoms with E-state index in [1.807, 2.05) is 41.1 Å². The van der Waals surface area contributed by atoms with Crippen molar-refractivity contribution < 1.29 is 0 Å². The Balaban J connectivity index is 1.70. The largest absolute Gasteiger partial charge is 0.382 e. The van der Waals surface area contributed by atoms with Gasteiger partial charge in [0.15, 0.2) is 11.5 Å². The fourth-order valence-corrected chi connectivity index (χ4v) is 3.29. The van der Waals surface area contributed by atoms with Gasteiger partial charge in [-0.1, -0.05) is 12.1 Å². The van der Waals surface area contributed by atoms with E-state index >= 15 is 0 Å². The van der Waals surface area contributed by atoms with Crippen molar-refractivity contribution in [3.8, 4) is 11.4 Å². The van der Waals surface area contributed by atoms with Gasteiger partial charge < -0.3 is 14.7 Å². The third-order valence-electron chi connectivity index (χ3n) is 4.44. The molecule has 0 spiro atoms. The molecule has 5 aromatic rings. The van der Waals surface area contributed by atoms with Crippen LogP contribution in [0, 0.1) is 0 Å². The van der Waals surface area contributed by atoms with E-state index in [1.165, 1.54) is 6.33 Å². The molecule has 5 rings (SSSR count). The first kappa shape index (κ1) is 14.6. The highest BCUT2D eigenvalue weighted by molar-refractivity contribution is 5.81. The van der Waals surface area contributed by atoms with E-state index in [9.17, 15) is 0 Å². The summed E-state index contributed by atoms with van der Waals surface area (Å²) in [6.45, 7) is 0.612. The summed E-state index contributed by atoms with van der Waals surface area (Å²) in [7, 11) is 0. The minimum absolute atomic E-state index is 0.390. The summed E-state index contributed by atoms with van der Waals surface area (Å²) in [5.41, 5.74) is 11.5. The SMILES string of the molecule is Nc1ncnc2c1ncn2Cc1cc2ccccn2c1-c1ccccn1. The van der Waals surface area contributed by atoms with E-state index in [0.29, 0.717) is 17.9 Å². The van der Waals surface area contributed by atoms with Gasteiger partial charge in [-0.2, -0.15) is 0 Å². The van der Waals surface area contributed by atoms with E-state index in [-0.39, 0.29) is 0 Å². The summed E-state index contributed by atoms with van der Waals surface area (Å²) in [4.78, 5) is 17.3. The predicted molar refractivity (Wildman–Crippen MR) is 99.5 cm³/mol. The molecule has 0 unspecified atom stereocenters. The number of aromatic nitrogens is 6. The topological polar surface area (TPSA) is 86.9 Å². The standard InChI is InChI=1S/C19H15N7/c20-18-16-19(23-11-22-18)25(12-24-16)10-13-9-14-5-2-4-8-26(14)17(13)15-6-1-3-7-21-15/h1-9,11-12H,10H2,(H2,20,22,23). The van der Waals surface area contributed by atoms with Crippen molar-refractivity contribution in [3.05, 3.63) is 73.1 Å². The molecule has 5 aromatic heterocycles. The fraction of sp³-hybridized carbons (Fsp3) is 0.0526. The second kappa shape index (κ2) is 5.66. The van der Waals surface area contributed by atoms with Crippen LogP contribution in [0.2, 0.25) is 0 Å². The molecule has 0 aromatic carbocycles. The average Bonchev–Trinajstić information content (AvgIpc) is 3.25. The van der Waals surface area contributed by atoms with Crippen LogP contribution >= 0.6 is 0 Å². The lowest BCUT2D eigenvalue weighted by Crippen LogP contribution is -2.02. The van der Waals surface area contributed by atoms with Gasteiger partial charge in [0, 0.05) is 23.5 Å². The molecule has 5 heterocycles. The van der Waals surface area contributed by atoms with Crippen molar-refractivity contribution in [2.24, 2.45) is 0 Å². The first-order valence-corrected chi connectivity index (χ1v) is 8.23. The first-order chi connectivity index (χ1) is 12.8. The number of hydrogen-bond acceptors (Lipinski definition) is 5. The van der Waals surface area contributed by atoms with Crippen molar-refractivity contribution in [1.82, 2.24) is 28.9 Å². The highest BCUT2D eigenvalue weighted by Crippen LogP contribution is 2.28. The highest BCUT2D eigenvalue weighted by Gasteiger charge is 2.15. The van der Waals surface area contributed by atoms with Crippen molar-refractivity contribution in [1.29, 1.82) is 0 Å². The molecule has 0 saturated heterocycles. The van der Waals surface area contributed by atoms with Gasteiger partial charge in [0.2, 0.25) is 0 Å². The van der Waals surface area contributed by atoms with Gasteiger partial charge in [0.1, 0.15) is 11.8 Å². The number of rotatable bonds is 3. The molecule has 7 heteroatoms. The smallest absolute Gasteiger partial charge is 0.165 e.